The first-order valence-corrected chi connectivity index (χ1v) is 4.14. The molecular formula is C8H9N3O. The molecule has 0 spiro atoms. The van der Waals surface area contributed by atoms with E-state index in [1.165, 1.54) is 6.42 Å². The molecule has 4 heteroatoms. The number of rotatable bonds is 1. The van der Waals surface area contributed by atoms with Crippen LogP contribution in [0.1, 0.15) is 34.1 Å². The lowest BCUT2D eigenvalue weighted by Crippen LogP contribution is -2.13. The first-order chi connectivity index (χ1) is 5.77. The molecule has 3 N–H and O–H groups in total. The zero-order valence-corrected chi connectivity index (χ0v) is 6.50. The molecule has 0 radical (unpaired) electrons. The van der Waals surface area contributed by atoms with Crippen LogP contribution in [0.25, 0.3) is 0 Å². The molecule has 1 saturated carbocycles. The molecular weight excluding hydrogens is 154 g/mol. The smallest absolute Gasteiger partial charge is 0.269 e. The van der Waals surface area contributed by atoms with Gasteiger partial charge in [-0.05, 0) is 18.8 Å². The van der Waals surface area contributed by atoms with E-state index in [9.17, 15) is 4.79 Å². The molecule has 1 heterocycles. The molecule has 1 aromatic heterocycles. The van der Waals surface area contributed by atoms with Gasteiger partial charge in [-0.2, -0.15) is 5.10 Å². The molecule has 3 rings (SSSR count). The summed E-state index contributed by atoms with van der Waals surface area (Å²) in [6.07, 6.45) is 2.25. The zero-order chi connectivity index (χ0) is 8.29. The van der Waals surface area contributed by atoms with Gasteiger partial charge in [0, 0.05) is 17.2 Å². The summed E-state index contributed by atoms with van der Waals surface area (Å²) >= 11 is 0. The molecule has 62 valence electrons. The maximum Gasteiger partial charge on any atom is 0.269 e. The van der Waals surface area contributed by atoms with Crippen molar-refractivity contribution in [2.24, 2.45) is 11.7 Å². The number of nitrogens with zero attached hydrogens (tertiary/aromatic N) is 1. The van der Waals surface area contributed by atoms with Crippen LogP contribution in [-0.2, 0) is 6.42 Å². The third-order valence-electron chi connectivity index (χ3n) is 2.89. The third-order valence-corrected chi connectivity index (χ3v) is 2.89. The van der Waals surface area contributed by atoms with Crippen LogP contribution in [0.5, 0.6) is 0 Å². The zero-order valence-electron chi connectivity index (χ0n) is 6.50. The lowest BCUT2D eigenvalue weighted by Gasteiger charge is -1.93. The summed E-state index contributed by atoms with van der Waals surface area (Å²) in [5.41, 5.74) is 7.86. The van der Waals surface area contributed by atoms with E-state index in [4.69, 9.17) is 5.73 Å². The largest absolute Gasteiger partial charge is 0.364 e. The minimum atomic E-state index is -0.409. The van der Waals surface area contributed by atoms with E-state index < -0.39 is 5.91 Å². The van der Waals surface area contributed by atoms with E-state index in [1.54, 1.807) is 0 Å². The van der Waals surface area contributed by atoms with Crippen molar-refractivity contribution in [3.63, 3.8) is 0 Å². The number of H-pyrrole nitrogens is 1. The summed E-state index contributed by atoms with van der Waals surface area (Å²) in [6.45, 7) is 0. The Kier molecular flexibility index (Phi) is 0.885. The van der Waals surface area contributed by atoms with Crippen LogP contribution in [0.4, 0.5) is 0 Å². The molecule has 0 aliphatic heterocycles. The molecule has 0 unspecified atom stereocenters. The molecule has 4 nitrogen and oxygen atoms in total. The summed E-state index contributed by atoms with van der Waals surface area (Å²) in [7, 11) is 0. The second-order valence-corrected chi connectivity index (χ2v) is 3.64. The minimum absolute atomic E-state index is 0.409. The number of amides is 1. The molecule has 1 fully saturated rings. The maximum absolute atomic E-state index is 10.9. The number of aromatic amines is 1. The standard InChI is InChI=1S/C8H9N3O/c9-8(12)7-5-2-3-1-4(3)6(5)10-11-7/h3-4H,1-2H2,(H2,9,12)(H,10,11)/t3-,4-/m1/s1. The van der Waals surface area contributed by atoms with Crippen molar-refractivity contribution in [2.75, 3.05) is 0 Å². The molecule has 0 aromatic carbocycles. The fraction of sp³-hybridized carbons (Fsp3) is 0.500. The van der Waals surface area contributed by atoms with Crippen LogP contribution in [-0.4, -0.2) is 16.1 Å². The van der Waals surface area contributed by atoms with Gasteiger partial charge in [0.15, 0.2) is 5.69 Å². The van der Waals surface area contributed by atoms with Gasteiger partial charge in [-0.25, -0.2) is 0 Å². The Labute approximate surface area is 69.1 Å². The van der Waals surface area contributed by atoms with Crippen LogP contribution >= 0.6 is 0 Å². The highest BCUT2D eigenvalue weighted by molar-refractivity contribution is 5.92. The third kappa shape index (κ3) is 0.581. The van der Waals surface area contributed by atoms with Gasteiger partial charge in [-0.1, -0.05) is 0 Å². The van der Waals surface area contributed by atoms with Crippen molar-refractivity contribution in [1.82, 2.24) is 10.2 Å². The van der Waals surface area contributed by atoms with Gasteiger partial charge in [-0.3, -0.25) is 9.89 Å². The average Bonchev–Trinajstić information content (AvgIpc) is 2.54. The van der Waals surface area contributed by atoms with Gasteiger partial charge in [0.2, 0.25) is 0 Å². The quantitative estimate of drug-likeness (QED) is 0.619. The number of hydrogen-bond donors (Lipinski definition) is 2. The molecule has 2 aliphatic carbocycles. The first-order valence-electron chi connectivity index (χ1n) is 4.14. The second-order valence-electron chi connectivity index (χ2n) is 3.64. The molecule has 1 amide bonds. The predicted molar refractivity (Wildman–Crippen MR) is 41.7 cm³/mol. The number of fused-ring (bicyclic) bond motifs is 3. The topological polar surface area (TPSA) is 71.8 Å². The number of carbonyl (C=O) groups excluding carboxylic acids is 1. The number of hydrogen-bond acceptors (Lipinski definition) is 2. The summed E-state index contributed by atoms with van der Waals surface area (Å²) in [6, 6.07) is 0. The average molecular weight is 163 g/mol. The molecule has 2 aliphatic rings. The lowest BCUT2D eigenvalue weighted by molar-refractivity contribution is 0.0994. The summed E-state index contributed by atoms with van der Waals surface area (Å²) in [4.78, 5) is 10.9. The molecule has 12 heavy (non-hydrogen) atoms. The summed E-state index contributed by atoms with van der Waals surface area (Å²) in [5, 5.41) is 6.82. The van der Waals surface area contributed by atoms with Gasteiger partial charge < -0.3 is 5.73 Å². The molecule has 2 atom stereocenters. The first kappa shape index (κ1) is 6.22. The van der Waals surface area contributed by atoms with E-state index in [2.05, 4.69) is 10.2 Å². The Balaban J connectivity index is 2.14. The highest BCUT2D eigenvalue weighted by atomic mass is 16.1. The van der Waals surface area contributed by atoms with E-state index in [0.29, 0.717) is 11.6 Å². The van der Waals surface area contributed by atoms with Crippen LogP contribution in [0.2, 0.25) is 0 Å². The predicted octanol–water partition coefficient (Wildman–Crippen LogP) is 0.168. The van der Waals surface area contributed by atoms with Crippen molar-refractivity contribution in [3.8, 4) is 0 Å². The van der Waals surface area contributed by atoms with Gasteiger partial charge in [0.25, 0.3) is 5.91 Å². The van der Waals surface area contributed by atoms with Gasteiger partial charge in [0.05, 0.1) is 0 Å². The van der Waals surface area contributed by atoms with Crippen molar-refractivity contribution in [3.05, 3.63) is 17.0 Å². The monoisotopic (exact) mass is 163 g/mol. The van der Waals surface area contributed by atoms with E-state index >= 15 is 0 Å². The maximum atomic E-state index is 10.9. The number of aromatic nitrogens is 2. The number of nitrogens with one attached hydrogen (secondary N) is 1. The summed E-state index contributed by atoms with van der Waals surface area (Å²) < 4.78 is 0. The highest BCUT2D eigenvalue weighted by Crippen LogP contribution is 2.55. The Morgan fingerprint density at radius 2 is 2.50 bits per heavy atom. The number of carbonyl (C=O) groups is 1. The van der Waals surface area contributed by atoms with Crippen LogP contribution in [0, 0.1) is 5.92 Å². The van der Waals surface area contributed by atoms with E-state index in [1.807, 2.05) is 0 Å². The normalized spacial score (nSPS) is 29.7. The SMILES string of the molecule is NC(=O)c1n[nH]c2c1C[C@H]1C[C@@H]21. The lowest BCUT2D eigenvalue weighted by atomic mass is 10.1. The van der Waals surface area contributed by atoms with Crippen molar-refractivity contribution in [2.45, 2.75) is 18.8 Å². The fourth-order valence-corrected chi connectivity index (χ4v) is 2.18. The Morgan fingerprint density at radius 3 is 3.25 bits per heavy atom. The Bertz CT molecular complexity index is 368. The molecule has 1 aromatic rings. The van der Waals surface area contributed by atoms with Crippen molar-refractivity contribution in [1.29, 1.82) is 0 Å². The van der Waals surface area contributed by atoms with Gasteiger partial charge in [-0.15, -0.1) is 0 Å². The van der Waals surface area contributed by atoms with Crippen LogP contribution in [0.15, 0.2) is 0 Å². The fourth-order valence-electron chi connectivity index (χ4n) is 2.18. The van der Waals surface area contributed by atoms with E-state index in [0.717, 1.165) is 23.6 Å². The number of nitrogens with two attached hydrogens (primary N) is 1. The molecule has 0 saturated heterocycles. The van der Waals surface area contributed by atoms with Crippen LogP contribution < -0.4 is 5.73 Å². The van der Waals surface area contributed by atoms with E-state index in [-0.39, 0.29) is 0 Å². The molecule has 0 bridgehead atoms. The number of primary amides is 1. The second kappa shape index (κ2) is 1.71. The van der Waals surface area contributed by atoms with Crippen molar-refractivity contribution >= 4 is 5.91 Å². The minimum Gasteiger partial charge on any atom is -0.364 e. The van der Waals surface area contributed by atoms with Gasteiger partial charge in [0.1, 0.15) is 0 Å². The highest BCUT2D eigenvalue weighted by Gasteiger charge is 2.48. The summed E-state index contributed by atoms with van der Waals surface area (Å²) in [5.74, 6) is 1.02. The Morgan fingerprint density at radius 1 is 1.67 bits per heavy atom. The van der Waals surface area contributed by atoms with Crippen molar-refractivity contribution < 1.29 is 4.79 Å². The van der Waals surface area contributed by atoms with Crippen LogP contribution in [0.3, 0.4) is 0 Å². The van der Waals surface area contributed by atoms with Gasteiger partial charge >= 0.3 is 0 Å². The Hall–Kier alpha value is -1.32.